The third-order valence-electron chi connectivity index (χ3n) is 4.37. The molecule has 0 aliphatic carbocycles. The molecule has 0 radical (unpaired) electrons. The molecular weight excluding hydrogens is 224 g/mol. The Morgan fingerprint density at radius 2 is 2.28 bits per heavy atom. The fraction of sp³-hybridized carbons (Fsp3) is 0.929. The van der Waals surface area contributed by atoms with Crippen molar-refractivity contribution in [2.75, 3.05) is 34.2 Å². The van der Waals surface area contributed by atoms with Crippen molar-refractivity contribution in [2.24, 2.45) is 0 Å². The van der Waals surface area contributed by atoms with Crippen LogP contribution in [0.3, 0.4) is 0 Å². The average Bonchev–Trinajstić information content (AvgIpc) is 2.37. The van der Waals surface area contributed by atoms with Gasteiger partial charge in [0.15, 0.2) is 0 Å². The summed E-state index contributed by atoms with van der Waals surface area (Å²) in [5.74, 6) is 0. The minimum Gasteiger partial charge on any atom is -0.305 e. The second kappa shape index (κ2) is 6.51. The van der Waals surface area contributed by atoms with Crippen molar-refractivity contribution in [2.45, 2.75) is 50.7 Å². The van der Waals surface area contributed by atoms with E-state index in [4.69, 9.17) is 0 Å². The van der Waals surface area contributed by atoms with Crippen molar-refractivity contribution in [3.63, 3.8) is 0 Å². The molecule has 4 nitrogen and oxygen atoms in total. The Bertz CT molecular complexity index is 299. The molecule has 1 N–H and O–H groups in total. The van der Waals surface area contributed by atoms with Crippen molar-refractivity contribution < 1.29 is 0 Å². The van der Waals surface area contributed by atoms with Crippen LogP contribution < -0.4 is 5.32 Å². The fourth-order valence-electron chi connectivity index (χ4n) is 2.77. The number of likely N-dealkylation sites (tertiary alicyclic amines) is 1. The van der Waals surface area contributed by atoms with Crippen LogP contribution in [0.4, 0.5) is 0 Å². The van der Waals surface area contributed by atoms with E-state index in [2.05, 4.69) is 42.2 Å². The van der Waals surface area contributed by atoms with Gasteiger partial charge < -0.3 is 10.2 Å². The van der Waals surface area contributed by atoms with Gasteiger partial charge in [-0.15, -0.1) is 0 Å². The third kappa shape index (κ3) is 3.94. The lowest BCUT2D eigenvalue weighted by molar-refractivity contribution is 0.0937. The Morgan fingerprint density at radius 1 is 1.61 bits per heavy atom. The van der Waals surface area contributed by atoms with E-state index >= 15 is 0 Å². The van der Waals surface area contributed by atoms with Crippen molar-refractivity contribution in [3.05, 3.63) is 0 Å². The Balaban J connectivity index is 2.55. The molecule has 1 aliphatic rings. The average molecular weight is 252 g/mol. The third-order valence-corrected chi connectivity index (χ3v) is 4.37. The smallest absolute Gasteiger partial charge is 0.105 e. The lowest BCUT2D eigenvalue weighted by atomic mass is 9.93. The van der Waals surface area contributed by atoms with Gasteiger partial charge in [0.05, 0.1) is 6.07 Å². The first-order valence-electron chi connectivity index (χ1n) is 6.92. The minimum absolute atomic E-state index is 0.415. The van der Waals surface area contributed by atoms with E-state index in [0.29, 0.717) is 12.1 Å². The second-order valence-electron chi connectivity index (χ2n) is 5.97. The van der Waals surface area contributed by atoms with Crippen LogP contribution in [0.15, 0.2) is 0 Å². The standard InChI is InChI=1S/C14H28N4/c1-12(9-14(2,11-15)16-3)18(5)13-7-6-8-17(4)10-13/h12-13,16H,6-10H2,1-5H3. The summed E-state index contributed by atoms with van der Waals surface area (Å²) in [7, 11) is 6.25. The SMILES string of the molecule is CNC(C)(C#N)CC(C)N(C)C1CCCN(C)C1. The first-order valence-corrected chi connectivity index (χ1v) is 6.92. The number of hydrogen-bond acceptors (Lipinski definition) is 4. The molecule has 0 saturated carbocycles. The quantitative estimate of drug-likeness (QED) is 0.801. The first kappa shape index (κ1) is 15.4. The monoisotopic (exact) mass is 252 g/mol. The lowest BCUT2D eigenvalue weighted by Gasteiger charge is -2.40. The van der Waals surface area contributed by atoms with Gasteiger partial charge in [-0.25, -0.2) is 0 Å². The number of nitriles is 1. The van der Waals surface area contributed by atoms with E-state index in [1.807, 2.05) is 14.0 Å². The molecule has 1 aliphatic heterocycles. The van der Waals surface area contributed by atoms with Gasteiger partial charge in [-0.05, 0) is 60.8 Å². The predicted molar refractivity (Wildman–Crippen MR) is 75.4 cm³/mol. The largest absolute Gasteiger partial charge is 0.305 e. The van der Waals surface area contributed by atoms with Gasteiger partial charge >= 0.3 is 0 Å². The molecule has 4 heteroatoms. The predicted octanol–water partition coefficient (Wildman–Crippen LogP) is 1.29. The van der Waals surface area contributed by atoms with Crippen molar-refractivity contribution in [1.29, 1.82) is 5.26 Å². The van der Waals surface area contributed by atoms with Crippen LogP contribution in [-0.4, -0.2) is 61.7 Å². The van der Waals surface area contributed by atoms with Crippen LogP contribution in [0.25, 0.3) is 0 Å². The summed E-state index contributed by atoms with van der Waals surface area (Å²) >= 11 is 0. The Labute approximate surface area is 112 Å². The molecule has 1 fully saturated rings. The van der Waals surface area contributed by atoms with Gasteiger partial charge in [-0.1, -0.05) is 0 Å². The summed E-state index contributed by atoms with van der Waals surface area (Å²) in [6.07, 6.45) is 3.41. The fourth-order valence-corrected chi connectivity index (χ4v) is 2.77. The molecule has 0 amide bonds. The summed E-state index contributed by atoms with van der Waals surface area (Å²) in [4.78, 5) is 4.85. The number of nitrogens with zero attached hydrogens (tertiary/aromatic N) is 3. The van der Waals surface area contributed by atoms with E-state index in [0.717, 1.165) is 13.0 Å². The topological polar surface area (TPSA) is 42.3 Å². The Morgan fingerprint density at radius 3 is 2.78 bits per heavy atom. The van der Waals surface area contributed by atoms with E-state index < -0.39 is 5.54 Å². The lowest BCUT2D eigenvalue weighted by Crippen LogP contribution is -2.51. The maximum Gasteiger partial charge on any atom is 0.105 e. The summed E-state index contributed by atoms with van der Waals surface area (Å²) in [5, 5.41) is 12.4. The molecule has 104 valence electrons. The van der Waals surface area contributed by atoms with E-state index in [1.54, 1.807) is 0 Å². The number of piperidine rings is 1. The molecule has 1 saturated heterocycles. The van der Waals surface area contributed by atoms with Crippen LogP contribution in [0.5, 0.6) is 0 Å². The van der Waals surface area contributed by atoms with E-state index in [-0.39, 0.29) is 0 Å². The molecule has 1 rings (SSSR count). The molecule has 0 aromatic rings. The van der Waals surface area contributed by atoms with Crippen molar-refractivity contribution in [3.8, 4) is 6.07 Å². The highest BCUT2D eigenvalue weighted by Gasteiger charge is 2.30. The van der Waals surface area contributed by atoms with Crippen LogP contribution >= 0.6 is 0 Å². The minimum atomic E-state index is -0.422. The maximum atomic E-state index is 9.23. The molecule has 0 bridgehead atoms. The maximum absolute atomic E-state index is 9.23. The summed E-state index contributed by atoms with van der Waals surface area (Å²) in [5.41, 5.74) is -0.422. The number of rotatable bonds is 5. The van der Waals surface area contributed by atoms with Crippen LogP contribution in [0.1, 0.15) is 33.1 Å². The van der Waals surface area contributed by atoms with Gasteiger partial charge in [-0.2, -0.15) is 5.26 Å². The van der Waals surface area contributed by atoms with E-state index in [1.165, 1.54) is 19.4 Å². The molecule has 0 aromatic heterocycles. The highest BCUT2D eigenvalue weighted by molar-refractivity contribution is 5.04. The van der Waals surface area contributed by atoms with Crippen molar-refractivity contribution >= 4 is 0 Å². The highest BCUT2D eigenvalue weighted by Crippen LogP contribution is 2.20. The first-order chi connectivity index (χ1) is 8.41. The number of likely N-dealkylation sites (N-methyl/N-ethyl adjacent to an activating group) is 2. The molecular formula is C14H28N4. The molecule has 0 aromatic carbocycles. The Hall–Kier alpha value is -0.630. The van der Waals surface area contributed by atoms with Crippen LogP contribution in [0, 0.1) is 11.3 Å². The normalized spacial score (nSPS) is 26.6. The van der Waals surface area contributed by atoms with Gasteiger partial charge in [0.1, 0.15) is 5.54 Å². The molecule has 1 heterocycles. The summed E-state index contributed by atoms with van der Waals surface area (Å²) in [6.45, 7) is 6.56. The molecule has 3 atom stereocenters. The molecule has 0 spiro atoms. The van der Waals surface area contributed by atoms with Gasteiger partial charge in [0.25, 0.3) is 0 Å². The van der Waals surface area contributed by atoms with E-state index in [9.17, 15) is 5.26 Å². The van der Waals surface area contributed by atoms with Crippen LogP contribution in [0.2, 0.25) is 0 Å². The zero-order valence-electron chi connectivity index (χ0n) is 12.5. The van der Waals surface area contributed by atoms with Crippen molar-refractivity contribution in [1.82, 2.24) is 15.1 Å². The Kier molecular flexibility index (Phi) is 5.58. The van der Waals surface area contributed by atoms with Gasteiger partial charge in [0.2, 0.25) is 0 Å². The van der Waals surface area contributed by atoms with Gasteiger partial charge in [0, 0.05) is 18.6 Å². The highest BCUT2D eigenvalue weighted by atomic mass is 15.2. The summed E-state index contributed by atoms with van der Waals surface area (Å²) < 4.78 is 0. The molecule has 18 heavy (non-hydrogen) atoms. The van der Waals surface area contributed by atoms with Gasteiger partial charge in [-0.3, -0.25) is 4.90 Å². The number of nitrogens with one attached hydrogen (secondary N) is 1. The molecule has 3 unspecified atom stereocenters. The zero-order valence-corrected chi connectivity index (χ0v) is 12.5. The van der Waals surface area contributed by atoms with Crippen LogP contribution in [-0.2, 0) is 0 Å². The zero-order chi connectivity index (χ0) is 13.8. The summed E-state index contributed by atoms with van der Waals surface area (Å²) in [6, 6.07) is 3.42. The second-order valence-corrected chi connectivity index (χ2v) is 5.97. The number of hydrogen-bond donors (Lipinski definition) is 1.